The normalized spacial score (nSPS) is 19.7. The number of likely N-dealkylation sites (N-methyl/N-ethyl adjacent to an activating group) is 1. The maximum absolute atomic E-state index is 6.21. The molecule has 0 amide bonds. The van der Waals surface area contributed by atoms with Crippen LogP contribution in [0.3, 0.4) is 0 Å². The molecule has 5 heteroatoms. The molecule has 1 saturated heterocycles. The average Bonchev–Trinajstić information content (AvgIpc) is 2.96. The van der Waals surface area contributed by atoms with Crippen molar-refractivity contribution in [3.8, 4) is 11.3 Å². The monoisotopic (exact) mass is 319 g/mol. The Hall–Kier alpha value is -1.36. The van der Waals surface area contributed by atoms with Gasteiger partial charge in [-0.1, -0.05) is 23.7 Å². The Morgan fingerprint density at radius 3 is 2.95 bits per heavy atom. The molecule has 22 heavy (non-hydrogen) atoms. The largest absolute Gasteiger partial charge is 0.439 e. The second kappa shape index (κ2) is 6.82. The first kappa shape index (κ1) is 15.5. The van der Waals surface area contributed by atoms with Crippen LogP contribution in [0.1, 0.15) is 18.7 Å². The molecule has 1 unspecified atom stereocenters. The maximum atomic E-state index is 6.21. The molecule has 1 aromatic carbocycles. The first-order valence-electron chi connectivity index (χ1n) is 7.72. The average molecular weight is 320 g/mol. The number of hydrogen-bond acceptors (Lipinski definition) is 4. The van der Waals surface area contributed by atoms with E-state index in [0.29, 0.717) is 11.1 Å². The summed E-state index contributed by atoms with van der Waals surface area (Å²) in [5, 5.41) is 0.691. The molecular formula is C17H22ClN3O. The van der Waals surface area contributed by atoms with Crippen LogP contribution in [0, 0.1) is 0 Å². The van der Waals surface area contributed by atoms with Crippen LogP contribution in [-0.4, -0.2) is 48.0 Å². The van der Waals surface area contributed by atoms with Crippen molar-refractivity contribution in [2.45, 2.75) is 25.4 Å². The van der Waals surface area contributed by atoms with Gasteiger partial charge in [0.15, 0.2) is 5.76 Å². The fourth-order valence-electron chi connectivity index (χ4n) is 2.96. The van der Waals surface area contributed by atoms with Gasteiger partial charge in [-0.3, -0.25) is 4.90 Å². The number of aromatic nitrogens is 1. The van der Waals surface area contributed by atoms with Gasteiger partial charge in [-0.25, -0.2) is 4.98 Å². The second-order valence-electron chi connectivity index (χ2n) is 6.09. The standard InChI is InChI=1S/C17H22ClN3O/c1-20(2)13-6-5-9-21(11-13)12-17-19-10-16(22-17)14-7-3-4-8-15(14)18/h3-4,7-8,10,13H,5-6,9,11-12H2,1-2H3. The Kier molecular flexibility index (Phi) is 4.81. The van der Waals surface area contributed by atoms with Gasteiger partial charge in [0.25, 0.3) is 0 Å². The lowest BCUT2D eigenvalue weighted by atomic mass is 10.1. The topological polar surface area (TPSA) is 32.5 Å². The number of likely N-dealkylation sites (tertiary alicyclic amines) is 1. The number of halogens is 1. The Morgan fingerprint density at radius 1 is 1.36 bits per heavy atom. The minimum Gasteiger partial charge on any atom is -0.439 e. The van der Waals surface area contributed by atoms with Gasteiger partial charge in [0.2, 0.25) is 5.89 Å². The van der Waals surface area contributed by atoms with Crippen LogP contribution in [0.15, 0.2) is 34.9 Å². The van der Waals surface area contributed by atoms with Gasteiger partial charge in [-0.15, -0.1) is 0 Å². The summed E-state index contributed by atoms with van der Waals surface area (Å²) in [7, 11) is 4.30. The van der Waals surface area contributed by atoms with Crippen molar-refractivity contribution in [3.05, 3.63) is 41.4 Å². The van der Waals surface area contributed by atoms with E-state index < -0.39 is 0 Å². The van der Waals surface area contributed by atoms with Crippen molar-refractivity contribution >= 4 is 11.6 Å². The highest BCUT2D eigenvalue weighted by molar-refractivity contribution is 6.33. The van der Waals surface area contributed by atoms with Crippen LogP contribution in [0.2, 0.25) is 5.02 Å². The molecule has 0 spiro atoms. The first-order chi connectivity index (χ1) is 10.6. The van der Waals surface area contributed by atoms with E-state index in [1.54, 1.807) is 6.20 Å². The van der Waals surface area contributed by atoms with Crippen molar-refractivity contribution in [2.24, 2.45) is 0 Å². The molecule has 1 aliphatic heterocycles. The van der Waals surface area contributed by atoms with Crippen LogP contribution in [0.25, 0.3) is 11.3 Å². The summed E-state index contributed by atoms with van der Waals surface area (Å²) in [6.07, 6.45) is 4.25. The van der Waals surface area contributed by atoms with E-state index in [9.17, 15) is 0 Å². The summed E-state index contributed by atoms with van der Waals surface area (Å²) in [5.74, 6) is 1.50. The molecule has 0 N–H and O–H groups in total. The fraction of sp³-hybridized carbons (Fsp3) is 0.471. The summed E-state index contributed by atoms with van der Waals surface area (Å²) >= 11 is 6.21. The van der Waals surface area contributed by atoms with Gasteiger partial charge in [-0.2, -0.15) is 0 Å². The number of hydrogen-bond donors (Lipinski definition) is 0. The Labute approximate surface area is 136 Å². The number of oxazole rings is 1. The number of rotatable bonds is 4. The van der Waals surface area contributed by atoms with E-state index in [-0.39, 0.29) is 0 Å². The van der Waals surface area contributed by atoms with E-state index in [1.165, 1.54) is 12.8 Å². The van der Waals surface area contributed by atoms with Gasteiger partial charge in [0, 0.05) is 18.2 Å². The van der Waals surface area contributed by atoms with E-state index >= 15 is 0 Å². The minimum absolute atomic E-state index is 0.617. The third-order valence-electron chi connectivity index (χ3n) is 4.26. The molecule has 0 bridgehead atoms. The lowest BCUT2D eigenvalue weighted by Crippen LogP contribution is -2.44. The van der Waals surface area contributed by atoms with Crippen LogP contribution < -0.4 is 0 Å². The Morgan fingerprint density at radius 2 is 2.18 bits per heavy atom. The van der Waals surface area contributed by atoms with Crippen LogP contribution in [0.4, 0.5) is 0 Å². The molecule has 2 heterocycles. The maximum Gasteiger partial charge on any atom is 0.209 e. The van der Waals surface area contributed by atoms with E-state index in [4.69, 9.17) is 16.0 Å². The highest BCUT2D eigenvalue weighted by Gasteiger charge is 2.22. The lowest BCUT2D eigenvalue weighted by molar-refractivity contribution is 0.120. The van der Waals surface area contributed by atoms with E-state index in [0.717, 1.165) is 36.8 Å². The van der Waals surface area contributed by atoms with E-state index in [2.05, 4.69) is 28.9 Å². The summed E-state index contributed by atoms with van der Waals surface area (Å²) in [4.78, 5) is 9.13. The van der Waals surface area contributed by atoms with Gasteiger partial charge >= 0.3 is 0 Å². The lowest BCUT2D eigenvalue weighted by Gasteiger charge is -2.35. The molecular weight excluding hydrogens is 298 g/mol. The van der Waals surface area contributed by atoms with Gasteiger partial charge in [-0.05, 0) is 45.6 Å². The molecule has 4 nitrogen and oxygen atoms in total. The smallest absolute Gasteiger partial charge is 0.209 e. The molecule has 118 valence electrons. The first-order valence-corrected chi connectivity index (χ1v) is 8.09. The number of piperidine rings is 1. The predicted octanol–water partition coefficient (Wildman–Crippen LogP) is 3.52. The fourth-order valence-corrected chi connectivity index (χ4v) is 3.19. The van der Waals surface area contributed by atoms with Crippen molar-refractivity contribution < 1.29 is 4.42 Å². The zero-order valence-electron chi connectivity index (χ0n) is 13.1. The molecule has 0 saturated carbocycles. The Bertz CT molecular complexity index is 626. The molecule has 1 aliphatic rings. The SMILES string of the molecule is CN(C)C1CCCN(Cc2ncc(-c3ccccc3Cl)o2)C1. The van der Waals surface area contributed by atoms with E-state index in [1.807, 2.05) is 24.3 Å². The summed E-state index contributed by atoms with van der Waals surface area (Å²) in [5.41, 5.74) is 0.896. The van der Waals surface area contributed by atoms with Crippen molar-refractivity contribution in [1.82, 2.24) is 14.8 Å². The van der Waals surface area contributed by atoms with Crippen LogP contribution in [0.5, 0.6) is 0 Å². The molecule has 3 rings (SSSR count). The zero-order chi connectivity index (χ0) is 15.5. The summed E-state index contributed by atoms with van der Waals surface area (Å²) in [6, 6.07) is 8.31. The highest BCUT2D eigenvalue weighted by Crippen LogP contribution is 2.28. The quantitative estimate of drug-likeness (QED) is 0.863. The molecule has 1 fully saturated rings. The third kappa shape index (κ3) is 3.51. The Balaban J connectivity index is 1.68. The number of nitrogens with zero attached hydrogens (tertiary/aromatic N) is 3. The van der Waals surface area contributed by atoms with Crippen LogP contribution in [-0.2, 0) is 6.54 Å². The van der Waals surface area contributed by atoms with Crippen molar-refractivity contribution in [1.29, 1.82) is 0 Å². The number of benzene rings is 1. The van der Waals surface area contributed by atoms with Gasteiger partial charge < -0.3 is 9.32 Å². The van der Waals surface area contributed by atoms with Crippen molar-refractivity contribution in [3.63, 3.8) is 0 Å². The summed E-state index contributed by atoms with van der Waals surface area (Å²) in [6.45, 7) is 2.93. The van der Waals surface area contributed by atoms with Crippen LogP contribution >= 0.6 is 11.6 Å². The molecule has 0 radical (unpaired) electrons. The van der Waals surface area contributed by atoms with Gasteiger partial charge in [0.05, 0.1) is 17.8 Å². The molecule has 0 aliphatic carbocycles. The second-order valence-corrected chi connectivity index (χ2v) is 6.50. The molecule has 2 aromatic rings. The van der Waals surface area contributed by atoms with Gasteiger partial charge in [0.1, 0.15) is 0 Å². The summed E-state index contributed by atoms with van der Waals surface area (Å²) < 4.78 is 5.90. The highest BCUT2D eigenvalue weighted by atomic mass is 35.5. The molecule has 1 atom stereocenters. The predicted molar refractivity (Wildman–Crippen MR) is 88.9 cm³/mol. The minimum atomic E-state index is 0.617. The van der Waals surface area contributed by atoms with Crippen molar-refractivity contribution in [2.75, 3.05) is 27.2 Å². The zero-order valence-corrected chi connectivity index (χ0v) is 13.9. The molecule has 1 aromatic heterocycles. The third-order valence-corrected chi connectivity index (χ3v) is 4.59.